The number of nitrogens with zero attached hydrogens (tertiary/aromatic N) is 4. The van der Waals surface area contributed by atoms with Crippen LogP contribution in [0.25, 0.3) is 55.2 Å². The van der Waals surface area contributed by atoms with Gasteiger partial charge in [0.15, 0.2) is 0 Å². The van der Waals surface area contributed by atoms with Crippen LogP contribution in [0.15, 0.2) is 128 Å². The minimum atomic E-state index is -0.131. The molecule has 7 heteroatoms. The molecule has 0 fully saturated rings. The lowest BCUT2D eigenvalue weighted by atomic mass is 9.35. The fourth-order valence-corrected chi connectivity index (χ4v) is 8.86. The van der Waals surface area contributed by atoms with Crippen molar-refractivity contribution < 1.29 is 9.47 Å². The number of hydrogen-bond acceptors (Lipinski definition) is 4. The van der Waals surface area contributed by atoms with Crippen molar-refractivity contribution in [1.82, 2.24) is 19.1 Å². The molecule has 2 aliphatic rings. The maximum Gasteiger partial charge on any atom is 0.260 e. The summed E-state index contributed by atoms with van der Waals surface area (Å²) in [6.45, 7) is 13.4. The average Bonchev–Trinajstić information content (AvgIpc) is 3.67. The Bertz CT molecular complexity index is 2880. The highest BCUT2D eigenvalue weighted by molar-refractivity contribution is 6.98. The Morgan fingerprint density at radius 3 is 1.36 bits per heavy atom. The van der Waals surface area contributed by atoms with E-state index < -0.39 is 0 Å². The molecular formula is C48H39BN4O2. The van der Waals surface area contributed by atoms with Gasteiger partial charge in [0, 0.05) is 39.4 Å². The number of rotatable bonds is 2. The minimum absolute atomic E-state index is 0.0211. The summed E-state index contributed by atoms with van der Waals surface area (Å²) in [6.07, 6.45) is 3.87. The van der Waals surface area contributed by atoms with Crippen molar-refractivity contribution in [3.63, 3.8) is 0 Å². The molecule has 0 aliphatic carbocycles. The molecule has 0 N–H and O–H groups in total. The number of fused-ring (bicyclic) bond motifs is 10. The topological polar surface area (TPSA) is 54.1 Å². The molecular weight excluding hydrogens is 675 g/mol. The zero-order valence-corrected chi connectivity index (χ0v) is 31.8. The molecule has 55 heavy (non-hydrogen) atoms. The highest BCUT2D eigenvalue weighted by Gasteiger charge is 2.41. The van der Waals surface area contributed by atoms with Gasteiger partial charge in [-0.05, 0) is 106 Å². The number of pyridine rings is 2. The van der Waals surface area contributed by atoms with Gasteiger partial charge in [0.05, 0.1) is 22.1 Å². The Morgan fingerprint density at radius 2 is 0.909 bits per heavy atom. The van der Waals surface area contributed by atoms with Gasteiger partial charge >= 0.3 is 0 Å². The van der Waals surface area contributed by atoms with E-state index in [1.807, 2.05) is 18.5 Å². The Morgan fingerprint density at radius 1 is 0.455 bits per heavy atom. The van der Waals surface area contributed by atoms with E-state index in [4.69, 9.17) is 19.4 Å². The average molecular weight is 715 g/mol. The molecule has 5 aromatic carbocycles. The molecule has 266 valence electrons. The summed E-state index contributed by atoms with van der Waals surface area (Å²) in [7, 11) is 0. The van der Waals surface area contributed by atoms with Crippen molar-refractivity contribution >= 4 is 66.7 Å². The lowest BCUT2D eigenvalue weighted by Crippen LogP contribution is -2.57. The molecule has 0 spiro atoms. The van der Waals surface area contributed by atoms with E-state index in [0.29, 0.717) is 0 Å². The van der Waals surface area contributed by atoms with E-state index in [-0.39, 0.29) is 17.5 Å². The first kappa shape index (κ1) is 32.1. The lowest BCUT2D eigenvalue weighted by molar-refractivity contribution is 0.465. The molecule has 0 amide bonds. The third-order valence-electron chi connectivity index (χ3n) is 11.7. The Labute approximate surface area is 320 Å². The Balaban J connectivity index is 1.20. The monoisotopic (exact) mass is 714 g/mol. The molecule has 2 aliphatic heterocycles. The van der Waals surface area contributed by atoms with Crippen LogP contribution in [0, 0.1) is 0 Å². The van der Waals surface area contributed by atoms with Crippen LogP contribution in [0.2, 0.25) is 0 Å². The van der Waals surface area contributed by atoms with Gasteiger partial charge < -0.3 is 9.47 Å². The normalized spacial score (nSPS) is 13.5. The summed E-state index contributed by atoms with van der Waals surface area (Å²) in [4.78, 5) is 9.92. The maximum absolute atomic E-state index is 6.83. The molecule has 9 aromatic rings. The third-order valence-corrected chi connectivity index (χ3v) is 11.7. The van der Waals surface area contributed by atoms with E-state index in [9.17, 15) is 0 Å². The Kier molecular flexibility index (Phi) is 6.49. The van der Waals surface area contributed by atoms with Crippen LogP contribution in [0.4, 0.5) is 0 Å². The zero-order valence-electron chi connectivity index (χ0n) is 31.8. The van der Waals surface area contributed by atoms with Crippen LogP contribution in [-0.2, 0) is 10.8 Å². The molecule has 0 saturated carbocycles. The smallest absolute Gasteiger partial charge is 0.260 e. The zero-order chi connectivity index (χ0) is 37.4. The van der Waals surface area contributed by atoms with Crippen molar-refractivity contribution in [3.8, 4) is 34.6 Å². The number of hydrogen-bond donors (Lipinski definition) is 0. The first-order valence-electron chi connectivity index (χ1n) is 19.1. The highest BCUT2D eigenvalue weighted by atomic mass is 16.5. The number of para-hydroxylation sites is 2. The van der Waals surface area contributed by atoms with E-state index in [2.05, 4.69) is 160 Å². The van der Waals surface area contributed by atoms with E-state index >= 15 is 0 Å². The van der Waals surface area contributed by atoms with Gasteiger partial charge in [0.25, 0.3) is 6.71 Å². The van der Waals surface area contributed by atoms with Crippen molar-refractivity contribution in [2.45, 2.75) is 52.4 Å². The predicted molar refractivity (Wildman–Crippen MR) is 226 cm³/mol. The fraction of sp³-hybridized carbons (Fsp3) is 0.167. The summed E-state index contributed by atoms with van der Waals surface area (Å²) >= 11 is 0. The summed E-state index contributed by atoms with van der Waals surface area (Å²) in [5, 5.41) is 4.58. The highest BCUT2D eigenvalue weighted by Crippen LogP contribution is 2.41. The standard InChI is InChI=1S/C48H39BN4O2/c1-47(2,3)28-18-20-50-44(22-28)52-36-14-9-7-12-30(36)32-24-42-34(26-38(32)52)49-35-27-39-33(25-43(35)55-41-17-11-16-40(54-42)46(41)49)31-13-8-10-15-37(31)53(39)45-23-29(19-21-51-45)48(4,5)6/h7-27H,1-6H3. The SMILES string of the molecule is CC(C)(C)c1ccnc(-n2c3ccccc3c3cc4c(cc32)B2c3cc5c(cc3Oc3cccc(c32)O4)c2ccccc2n5-c2cc(C(C)(C)C)ccn2)c1. The van der Waals surface area contributed by atoms with E-state index in [1.54, 1.807) is 0 Å². The van der Waals surface area contributed by atoms with Gasteiger partial charge in [-0.1, -0.05) is 84.0 Å². The Hall–Kier alpha value is -6.34. The molecule has 6 heterocycles. The molecule has 0 saturated heterocycles. The van der Waals surface area contributed by atoms with Gasteiger partial charge in [0.2, 0.25) is 0 Å². The maximum atomic E-state index is 6.83. The van der Waals surface area contributed by atoms with Gasteiger partial charge in [-0.15, -0.1) is 0 Å². The molecule has 6 nitrogen and oxygen atoms in total. The van der Waals surface area contributed by atoms with E-state index in [1.165, 1.54) is 11.1 Å². The summed E-state index contributed by atoms with van der Waals surface area (Å²) in [6, 6.07) is 41.2. The van der Waals surface area contributed by atoms with Gasteiger partial charge in [0.1, 0.15) is 34.6 Å². The van der Waals surface area contributed by atoms with Crippen molar-refractivity contribution in [1.29, 1.82) is 0 Å². The number of aromatic nitrogens is 4. The molecule has 0 unspecified atom stereocenters. The van der Waals surface area contributed by atoms with Gasteiger partial charge in [-0.2, -0.15) is 0 Å². The van der Waals surface area contributed by atoms with Crippen LogP contribution in [0.3, 0.4) is 0 Å². The van der Waals surface area contributed by atoms with Crippen molar-refractivity contribution in [3.05, 3.63) is 139 Å². The van der Waals surface area contributed by atoms with Gasteiger partial charge in [-0.25, -0.2) is 9.97 Å². The van der Waals surface area contributed by atoms with Gasteiger partial charge in [-0.3, -0.25) is 9.13 Å². The molecule has 0 atom stereocenters. The second-order valence-corrected chi connectivity index (χ2v) is 17.1. The number of benzene rings is 5. The minimum Gasteiger partial charge on any atom is -0.458 e. The summed E-state index contributed by atoms with van der Waals surface area (Å²) in [5.41, 5.74) is 10.1. The molecule has 0 radical (unpaired) electrons. The van der Waals surface area contributed by atoms with Crippen LogP contribution < -0.4 is 25.9 Å². The van der Waals surface area contributed by atoms with E-state index in [0.717, 1.165) is 94.6 Å². The largest absolute Gasteiger partial charge is 0.458 e. The summed E-state index contributed by atoms with van der Waals surface area (Å²) < 4.78 is 18.3. The quantitative estimate of drug-likeness (QED) is 0.167. The molecule has 0 bridgehead atoms. The second-order valence-electron chi connectivity index (χ2n) is 17.1. The molecule has 11 rings (SSSR count). The third kappa shape index (κ3) is 4.68. The van der Waals surface area contributed by atoms with Crippen molar-refractivity contribution in [2.75, 3.05) is 0 Å². The lowest BCUT2D eigenvalue weighted by Gasteiger charge is -2.33. The first-order chi connectivity index (χ1) is 26.5. The fourth-order valence-electron chi connectivity index (χ4n) is 8.86. The number of ether oxygens (including phenoxy) is 2. The first-order valence-corrected chi connectivity index (χ1v) is 19.1. The van der Waals surface area contributed by atoms with Crippen LogP contribution >= 0.6 is 0 Å². The van der Waals surface area contributed by atoms with Crippen LogP contribution in [0.5, 0.6) is 23.0 Å². The molecule has 4 aromatic heterocycles. The van der Waals surface area contributed by atoms with Crippen LogP contribution in [0.1, 0.15) is 52.7 Å². The van der Waals surface area contributed by atoms with Crippen LogP contribution in [-0.4, -0.2) is 25.8 Å². The second kappa shape index (κ2) is 11.1. The predicted octanol–water partition coefficient (Wildman–Crippen LogP) is 9.99. The summed E-state index contributed by atoms with van der Waals surface area (Å²) in [5.74, 6) is 5.16. The van der Waals surface area contributed by atoms with Crippen molar-refractivity contribution in [2.24, 2.45) is 0 Å².